The van der Waals surface area contributed by atoms with Gasteiger partial charge in [-0.05, 0) is 54.8 Å². The van der Waals surface area contributed by atoms with Crippen molar-refractivity contribution in [3.05, 3.63) is 57.8 Å². The fourth-order valence-electron chi connectivity index (χ4n) is 3.92. The molecule has 4 nitrogen and oxygen atoms in total. The second-order valence-electron chi connectivity index (χ2n) is 7.96. The first-order valence-corrected chi connectivity index (χ1v) is 11.0. The van der Waals surface area contributed by atoms with Crippen LogP contribution >= 0.6 is 11.3 Å². The van der Waals surface area contributed by atoms with Crippen molar-refractivity contribution in [2.75, 3.05) is 13.1 Å². The van der Waals surface area contributed by atoms with Crippen LogP contribution in [0, 0.1) is 5.92 Å². The number of rotatable bonds is 5. The maximum atomic E-state index is 13.3. The third-order valence-electron chi connectivity index (χ3n) is 5.69. The summed E-state index contributed by atoms with van der Waals surface area (Å²) >= 11 is 1.39. The first kappa shape index (κ1) is 20.9. The van der Waals surface area contributed by atoms with Crippen LogP contribution in [-0.2, 0) is 17.5 Å². The smallest absolute Gasteiger partial charge is 0.337 e. The Labute approximate surface area is 177 Å². The van der Waals surface area contributed by atoms with Crippen LogP contribution in [0.5, 0.6) is 0 Å². The van der Waals surface area contributed by atoms with Gasteiger partial charge in [-0.3, -0.25) is 9.59 Å². The second-order valence-corrected chi connectivity index (χ2v) is 8.91. The number of piperidine rings is 1. The molecule has 8 heteroatoms. The lowest BCUT2D eigenvalue weighted by atomic mass is 9.95. The second kappa shape index (κ2) is 8.41. The van der Waals surface area contributed by atoms with Gasteiger partial charge in [-0.15, -0.1) is 11.3 Å². The maximum Gasteiger partial charge on any atom is 0.416 e. The summed E-state index contributed by atoms with van der Waals surface area (Å²) in [6.07, 6.45) is -1.05. The first-order chi connectivity index (χ1) is 14.3. The molecule has 1 aliphatic carbocycles. The molecule has 2 heterocycles. The fourth-order valence-corrected chi connectivity index (χ4v) is 4.61. The molecule has 0 radical (unpaired) electrons. The van der Waals surface area contributed by atoms with E-state index in [2.05, 4.69) is 0 Å². The van der Waals surface area contributed by atoms with Crippen LogP contribution in [0.1, 0.15) is 46.5 Å². The molecule has 0 N–H and O–H groups in total. The maximum absolute atomic E-state index is 13.3. The number of amides is 2. The van der Waals surface area contributed by atoms with Gasteiger partial charge in [0, 0.05) is 25.7 Å². The van der Waals surface area contributed by atoms with E-state index in [0.717, 1.165) is 37.8 Å². The van der Waals surface area contributed by atoms with Gasteiger partial charge in [0.25, 0.3) is 5.91 Å². The average Bonchev–Trinajstić information content (AvgIpc) is 3.43. The highest BCUT2D eigenvalue weighted by molar-refractivity contribution is 7.12. The number of carbonyl (C=O) groups is 2. The quantitative estimate of drug-likeness (QED) is 0.675. The highest BCUT2D eigenvalue weighted by atomic mass is 32.1. The van der Waals surface area contributed by atoms with Crippen molar-refractivity contribution in [2.24, 2.45) is 5.92 Å². The highest BCUT2D eigenvalue weighted by Gasteiger charge is 2.38. The number of thiophene rings is 1. The van der Waals surface area contributed by atoms with Crippen molar-refractivity contribution in [3.63, 3.8) is 0 Å². The number of hydrogen-bond acceptors (Lipinski definition) is 3. The van der Waals surface area contributed by atoms with Crippen LogP contribution in [0.25, 0.3) is 0 Å². The molecule has 0 unspecified atom stereocenters. The Morgan fingerprint density at radius 1 is 1.10 bits per heavy atom. The topological polar surface area (TPSA) is 40.6 Å². The van der Waals surface area contributed by atoms with Crippen molar-refractivity contribution < 1.29 is 22.8 Å². The summed E-state index contributed by atoms with van der Waals surface area (Å²) in [6, 6.07) is 8.78. The standard InChI is InChI=1S/C22H23F3N2O2S/c23-22(24,25)17-7-5-15(6-8-17)13-27(18-9-10-18)20(28)16-3-1-11-26(14-16)21(29)19-4-2-12-30-19/h2,4-8,12,16,18H,1,3,9-11,13-14H2/t16-/m0/s1. The van der Waals surface area contributed by atoms with E-state index < -0.39 is 11.7 Å². The summed E-state index contributed by atoms with van der Waals surface area (Å²) in [5, 5.41) is 1.86. The molecular formula is C22H23F3N2O2S. The Hall–Kier alpha value is -2.35. The molecule has 1 aromatic heterocycles. The molecule has 0 bridgehead atoms. The fraction of sp³-hybridized carbons (Fsp3) is 0.455. The van der Waals surface area contributed by atoms with Crippen molar-refractivity contribution in [3.8, 4) is 0 Å². The number of benzene rings is 1. The predicted molar refractivity (Wildman–Crippen MR) is 108 cm³/mol. The van der Waals surface area contributed by atoms with Crippen LogP contribution in [-0.4, -0.2) is 40.7 Å². The lowest BCUT2D eigenvalue weighted by molar-refractivity contribution is -0.139. The molecule has 1 saturated carbocycles. The number of hydrogen-bond donors (Lipinski definition) is 0. The molecule has 1 atom stereocenters. The minimum atomic E-state index is -4.37. The van der Waals surface area contributed by atoms with Gasteiger partial charge in [0.15, 0.2) is 0 Å². The van der Waals surface area contributed by atoms with E-state index in [9.17, 15) is 22.8 Å². The van der Waals surface area contributed by atoms with Gasteiger partial charge in [-0.1, -0.05) is 18.2 Å². The first-order valence-electron chi connectivity index (χ1n) is 10.1. The summed E-state index contributed by atoms with van der Waals surface area (Å²) in [7, 11) is 0. The number of alkyl halides is 3. The lowest BCUT2D eigenvalue weighted by Gasteiger charge is -2.35. The molecule has 0 spiro atoms. The molecule has 2 amide bonds. The van der Waals surface area contributed by atoms with Gasteiger partial charge >= 0.3 is 6.18 Å². The summed E-state index contributed by atoms with van der Waals surface area (Å²) in [4.78, 5) is 30.2. The normalized spacial score (nSPS) is 19.6. The van der Waals surface area contributed by atoms with E-state index in [4.69, 9.17) is 0 Å². The van der Waals surface area contributed by atoms with Crippen molar-refractivity contribution in [1.82, 2.24) is 9.80 Å². The zero-order valence-corrected chi connectivity index (χ0v) is 17.2. The summed E-state index contributed by atoms with van der Waals surface area (Å²) in [5.41, 5.74) is -0.00358. The van der Waals surface area contributed by atoms with Crippen molar-refractivity contribution in [1.29, 1.82) is 0 Å². The van der Waals surface area contributed by atoms with Crippen LogP contribution in [0.15, 0.2) is 41.8 Å². The van der Waals surface area contributed by atoms with Gasteiger partial charge in [-0.25, -0.2) is 0 Å². The summed E-state index contributed by atoms with van der Waals surface area (Å²) in [6.45, 7) is 1.34. The van der Waals surface area contributed by atoms with Gasteiger partial charge in [0.1, 0.15) is 0 Å². The third kappa shape index (κ3) is 4.69. The Kier molecular flexibility index (Phi) is 5.86. The van der Waals surface area contributed by atoms with Gasteiger partial charge in [0.2, 0.25) is 5.91 Å². The zero-order valence-electron chi connectivity index (χ0n) is 16.4. The SMILES string of the molecule is O=C(c1cccs1)N1CCC[C@H](C(=O)N(Cc2ccc(C(F)(F)F)cc2)C2CC2)C1. The summed E-state index contributed by atoms with van der Waals surface area (Å²) < 4.78 is 38.4. The number of carbonyl (C=O) groups excluding carboxylic acids is 2. The molecule has 2 aromatic rings. The molecule has 1 aliphatic heterocycles. The number of halogens is 3. The van der Waals surface area contributed by atoms with Gasteiger partial charge in [-0.2, -0.15) is 13.2 Å². The predicted octanol–water partition coefficient (Wildman–Crippen LogP) is 4.81. The van der Waals surface area contributed by atoms with Crippen LogP contribution in [0.3, 0.4) is 0 Å². The molecule has 2 aliphatic rings. The van der Waals surface area contributed by atoms with Crippen LogP contribution in [0.2, 0.25) is 0 Å². The Balaban J connectivity index is 1.44. The van der Waals surface area contributed by atoms with Crippen LogP contribution < -0.4 is 0 Å². The van der Waals surface area contributed by atoms with Crippen molar-refractivity contribution >= 4 is 23.2 Å². The molecule has 1 saturated heterocycles. The molecule has 1 aromatic carbocycles. The largest absolute Gasteiger partial charge is 0.416 e. The van der Waals surface area contributed by atoms with Gasteiger partial charge in [0.05, 0.1) is 16.4 Å². The van der Waals surface area contributed by atoms with E-state index in [-0.39, 0.29) is 23.8 Å². The Morgan fingerprint density at radius 3 is 2.43 bits per heavy atom. The van der Waals surface area contributed by atoms with E-state index in [1.54, 1.807) is 15.9 Å². The number of likely N-dealkylation sites (tertiary alicyclic amines) is 1. The Morgan fingerprint density at radius 2 is 1.83 bits per heavy atom. The minimum Gasteiger partial charge on any atom is -0.337 e. The molecular weight excluding hydrogens is 413 g/mol. The summed E-state index contributed by atoms with van der Waals surface area (Å²) in [5.74, 6) is -0.304. The monoisotopic (exact) mass is 436 g/mol. The van der Waals surface area contributed by atoms with E-state index in [1.807, 2.05) is 11.4 Å². The minimum absolute atomic E-state index is 0.000998. The third-order valence-corrected chi connectivity index (χ3v) is 6.55. The Bertz CT molecular complexity index is 892. The zero-order chi connectivity index (χ0) is 21.3. The van der Waals surface area contributed by atoms with E-state index in [0.29, 0.717) is 30.1 Å². The molecule has 2 fully saturated rings. The highest BCUT2D eigenvalue weighted by Crippen LogP contribution is 2.33. The van der Waals surface area contributed by atoms with E-state index >= 15 is 0 Å². The van der Waals surface area contributed by atoms with Crippen LogP contribution in [0.4, 0.5) is 13.2 Å². The molecule has 30 heavy (non-hydrogen) atoms. The number of nitrogens with zero attached hydrogens (tertiary/aromatic N) is 2. The molecule has 160 valence electrons. The van der Waals surface area contributed by atoms with Gasteiger partial charge < -0.3 is 9.80 Å². The average molecular weight is 436 g/mol. The van der Waals surface area contributed by atoms with Crippen molar-refractivity contribution in [2.45, 2.75) is 44.4 Å². The lowest BCUT2D eigenvalue weighted by Crippen LogP contribution is -2.47. The van der Waals surface area contributed by atoms with E-state index in [1.165, 1.54) is 23.5 Å². The molecule has 4 rings (SSSR count).